The molecule has 1 aliphatic rings. The molecule has 0 saturated heterocycles. The van der Waals surface area contributed by atoms with Crippen molar-refractivity contribution >= 4 is 58.5 Å². The van der Waals surface area contributed by atoms with Crippen molar-refractivity contribution in [3.05, 3.63) is 76.3 Å². The van der Waals surface area contributed by atoms with Crippen LogP contribution >= 0.6 is 27.3 Å². The van der Waals surface area contributed by atoms with E-state index in [2.05, 4.69) is 95.0 Å². The number of benzene rings is 3. The Balaban J connectivity index is 1.94. The van der Waals surface area contributed by atoms with Crippen LogP contribution in [0, 0.1) is 0 Å². The van der Waals surface area contributed by atoms with E-state index in [1.165, 1.54) is 48.0 Å². The highest BCUT2D eigenvalue weighted by Gasteiger charge is 2.38. The van der Waals surface area contributed by atoms with Crippen LogP contribution in [0.5, 0.6) is 0 Å². The molecule has 0 fully saturated rings. The van der Waals surface area contributed by atoms with Crippen molar-refractivity contribution in [3.8, 4) is 5.69 Å². The molecule has 3 heteroatoms. The summed E-state index contributed by atoms with van der Waals surface area (Å²) < 4.78 is 6.44. The number of halogens is 1. The van der Waals surface area contributed by atoms with Gasteiger partial charge in [-0.3, -0.25) is 0 Å². The quantitative estimate of drug-likeness (QED) is 0.255. The second-order valence-electron chi connectivity index (χ2n) is 7.66. The van der Waals surface area contributed by atoms with Gasteiger partial charge in [-0.2, -0.15) is 0 Å². The lowest BCUT2D eigenvalue weighted by Crippen LogP contribution is -2.28. The van der Waals surface area contributed by atoms with E-state index in [0.29, 0.717) is 0 Å². The summed E-state index contributed by atoms with van der Waals surface area (Å²) in [5.74, 6) is 0. The Kier molecular flexibility index (Phi) is 3.09. The molecule has 1 aliphatic heterocycles. The second kappa shape index (κ2) is 5.24. The molecule has 0 bridgehead atoms. The third-order valence-corrected chi connectivity index (χ3v) is 8.08. The Labute approximate surface area is 170 Å². The summed E-state index contributed by atoms with van der Waals surface area (Å²) in [5, 5.41) is 2.74. The number of nitrogens with zero attached hydrogens (tertiary/aromatic N) is 1. The topological polar surface area (TPSA) is 4.93 Å². The fraction of sp³-hybridized carbons (Fsp3) is 0.167. The molecular weight excluding hydrogens is 414 g/mol. The number of hydrogen-bond donors (Lipinski definition) is 0. The van der Waals surface area contributed by atoms with Crippen molar-refractivity contribution in [2.45, 2.75) is 25.7 Å². The molecule has 5 aromatic rings. The highest BCUT2D eigenvalue weighted by molar-refractivity contribution is 9.10. The molecule has 0 N–H and O–H groups in total. The highest BCUT2D eigenvalue weighted by atomic mass is 79.9. The lowest BCUT2D eigenvalue weighted by molar-refractivity contribution is 0.543. The van der Waals surface area contributed by atoms with E-state index in [1.54, 1.807) is 0 Å². The largest absolute Gasteiger partial charge is 0.307 e. The van der Waals surface area contributed by atoms with E-state index in [-0.39, 0.29) is 5.41 Å². The third kappa shape index (κ3) is 1.84. The predicted octanol–water partition coefficient (Wildman–Crippen LogP) is 7.79. The van der Waals surface area contributed by atoms with Crippen LogP contribution in [-0.4, -0.2) is 4.57 Å². The van der Waals surface area contributed by atoms with Gasteiger partial charge in [-0.15, -0.1) is 11.3 Å². The molecule has 0 aliphatic carbocycles. The lowest BCUT2D eigenvalue weighted by atomic mass is 9.71. The summed E-state index contributed by atoms with van der Waals surface area (Å²) in [4.78, 5) is 0. The predicted molar refractivity (Wildman–Crippen MR) is 121 cm³/mol. The summed E-state index contributed by atoms with van der Waals surface area (Å²) in [5.41, 5.74) is 6.95. The Morgan fingerprint density at radius 3 is 2.59 bits per heavy atom. The summed E-state index contributed by atoms with van der Waals surface area (Å²) in [6, 6.07) is 22.5. The number of para-hydroxylation sites is 1. The molecule has 27 heavy (non-hydrogen) atoms. The van der Waals surface area contributed by atoms with Crippen LogP contribution in [0.3, 0.4) is 0 Å². The minimum Gasteiger partial charge on any atom is -0.307 e. The Morgan fingerprint density at radius 1 is 0.926 bits per heavy atom. The van der Waals surface area contributed by atoms with Crippen LogP contribution in [0.25, 0.3) is 36.9 Å². The number of fused-ring (bicyclic) bond motifs is 7. The van der Waals surface area contributed by atoms with Crippen LogP contribution in [0.15, 0.2) is 65.1 Å². The monoisotopic (exact) mass is 431 g/mol. The zero-order chi connectivity index (χ0) is 18.3. The zero-order valence-corrected chi connectivity index (χ0v) is 17.6. The first-order valence-corrected chi connectivity index (χ1v) is 11.0. The molecule has 3 aromatic carbocycles. The Hall–Kier alpha value is -2.10. The van der Waals surface area contributed by atoms with Gasteiger partial charge in [0.05, 0.1) is 21.4 Å². The summed E-state index contributed by atoms with van der Waals surface area (Å²) in [7, 11) is 0. The van der Waals surface area contributed by atoms with Gasteiger partial charge in [0.15, 0.2) is 0 Å². The van der Waals surface area contributed by atoms with E-state index < -0.39 is 0 Å². The Bertz CT molecular complexity index is 1390. The molecule has 1 unspecified atom stereocenters. The number of hydrogen-bond acceptors (Lipinski definition) is 1. The molecule has 132 valence electrons. The first-order valence-electron chi connectivity index (χ1n) is 9.39. The first-order chi connectivity index (χ1) is 13.1. The van der Waals surface area contributed by atoms with Crippen LogP contribution < -0.4 is 0 Å². The van der Waals surface area contributed by atoms with E-state index in [4.69, 9.17) is 0 Å². The molecule has 0 saturated carbocycles. The Morgan fingerprint density at radius 2 is 1.74 bits per heavy atom. The highest BCUT2D eigenvalue weighted by Crippen LogP contribution is 2.52. The van der Waals surface area contributed by atoms with Crippen molar-refractivity contribution < 1.29 is 0 Å². The van der Waals surface area contributed by atoms with Crippen molar-refractivity contribution in [2.75, 3.05) is 0 Å². The molecule has 0 amide bonds. The maximum absolute atomic E-state index is 3.71. The SMILES string of the molecule is CCC1(C)c2cc(Br)ccc2-n2c3c1cccc3c1sc3ccccc3c12. The third-order valence-electron chi connectivity index (χ3n) is 6.39. The molecule has 1 atom stereocenters. The van der Waals surface area contributed by atoms with Crippen LogP contribution in [0.4, 0.5) is 0 Å². The van der Waals surface area contributed by atoms with Gasteiger partial charge in [0.25, 0.3) is 0 Å². The van der Waals surface area contributed by atoms with Gasteiger partial charge in [-0.1, -0.05) is 66.2 Å². The zero-order valence-electron chi connectivity index (χ0n) is 15.2. The van der Waals surface area contributed by atoms with Crippen LogP contribution in [-0.2, 0) is 5.41 Å². The molecular formula is C24H18BrNS. The molecule has 6 rings (SSSR count). The minimum absolute atomic E-state index is 0.0187. The fourth-order valence-electron chi connectivity index (χ4n) is 4.87. The van der Waals surface area contributed by atoms with Crippen molar-refractivity contribution in [2.24, 2.45) is 0 Å². The number of rotatable bonds is 1. The van der Waals surface area contributed by atoms with E-state index >= 15 is 0 Å². The summed E-state index contributed by atoms with van der Waals surface area (Å²) in [6.07, 6.45) is 1.08. The molecule has 1 nitrogen and oxygen atoms in total. The van der Waals surface area contributed by atoms with E-state index in [9.17, 15) is 0 Å². The maximum Gasteiger partial charge on any atom is 0.0727 e. The van der Waals surface area contributed by atoms with Gasteiger partial charge in [0, 0.05) is 25.4 Å². The van der Waals surface area contributed by atoms with E-state index in [0.717, 1.165) is 10.9 Å². The number of aromatic nitrogens is 1. The van der Waals surface area contributed by atoms with Crippen molar-refractivity contribution in [1.29, 1.82) is 0 Å². The fourth-order valence-corrected chi connectivity index (χ4v) is 6.45. The van der Waals surface area contributed by atoms with Crippen LogP contribution in [0.2, 0.25) is 0 Å². The summed E-state index contributed by atoms with van der Waals surface area (Å²) >= 11 is 5.63. The standard InChI is InChI=1S/C24H18BrNS/c1-3-24(2)17-9-6-8-16-21(17)26(19-12-11-14(25)13-18(19)24)22-15-7-4-5-10-20(15)27-23(16)22/h4-13H,3H2,1-2H3. The van der Waals surface area contributed by atoms with Gasteiger partial charge in [0.1, 0.15) is 0 Å². The van der Waals surface area contributed by atoms with E-state index in [1.807, 2.05) is 11.3 Å². The van der Waals surface area contributed by atoms with Gasteiger partial charge in [0.2, 0.25) is 0 Å². The van der Waals surface area contributed by atoms with Crippen LogP contribution in [0.1, 0.15) is 31.4 Å². The maximum atomic E-state index is 3.71. The normalized spacial score (nSPS) is 18.5. The van der Waals surface area contributed by atoms with Gasteiger partial charge in [-0.05, 0) is 41.8 Å². The van der Waals surface area contributed by atoms with Crippen molar-refractivity contribution in [3.63, 3.8) is 0 Å². The van der Waals surface area contributed by atoms with Crippen molar-refractivity contribution in [1.82, 2.24) is 4.57 Å². The number of thiophene rings is 1. The summed E-state index contributed by atoms with van der Waals surface area (Å²) in [6.45, 7) is 4.70. The smallest absolute Gasteiger partial charge is 0.0727 e. The van der Waals surface area contributed by atoms with Gasteiger partial charge in [-0.25, -0.2) is 0 Å². The molecule has 3 heterocycles. The molecule has 0 radical (unpaired) electrons. The minimum atomic E-state index is 0.0187. The van der Waals surface area contributed by atoms with Gasteiger partial charge < -0.3 is 4.57 Å². The average molecular weight is 432 g/mol. The second-order valence-corrected chi connectivity index (χ2v) is 9.63. The molecule has 0 spiro atoms. The molecule has 2 aromatic heterocycles. The lowest BCUT2D eigenvalue weighted by Gasteiger charge is -2.37. The van der Waals surface area contributed by atoms with Gasteiger partial charge >= 0.3 is 0 Å². The average Bonchev–Trinajstić information content (AvgIpc) is 3.22. The first kappa shape index (κ1) is 15.9.